The topological polar surface area (TPSA) is 170 Å². The predicted molar refractivity (Wildman–Crippen MR) is 218 cm³/mol. The lowest BCUT2D eigenvalue weighted by Crippen LogP contribution is -2.37. The Bertz CT molecular complexity index is 1630. The van der Waals surface area contributed by atoms with Gasteiger partial charge in [-0.1, -0.05) is 83.8 Å². The van der Waals surface area contributed by atoms with E-state index in [2.05, 4.69) is 39.1 Å². The summed E-state index contributed by atoms with van der Waals surface area (Å²) in [5, 5.41) is 2.84. The third-order valence-corrected chi connectivity index (χ3v) is 10.9. The summed E-state index contributed by atoms with van der Waals surface area (Å²) in [6, 6.07) is 5.36. The van der Waals surface area contributed by atoms with Crippen molar-refractivity contribution in [1.29, 1.82) is 0 Å². The van der Waals surface area contributed by atoms with Gasteiger partial charge in [-0.3, -0.25) is 14.2 Å². The molecule has 0 aliphatic heterocycles. The molecule has 1 unspecified atom stereocenters. The van der Waals surface area contributed by atoms with Crippen molar-refractivity contribution in [3.8, 4) is 11.5 Å². The average molecular weight is 785 g/mol. The zero-order valence-electron chi connectivity index (χ0n) is 33.7. The van der Waals surface area contributed by atoms with Gasteiger partial charge in [-0.2, -0.15) is 0 Å². The molecular weight excluding hydrogens is 719 g/mol. The summed E-state index contributed by atoms with van der Waals surface area (Å²) in [7, 11) is -3.85. The number of hydrogen-bond donors (Lipinski definition) is 2. The summed E-state index contributed by atoms with van der Waals surface area (Å²) < 4.78 is 39.1. The fourth-order valence-corrected chi connectivity index (χ4v) is 7.84. The number of nitrogens with zero attached hydrogens (tertiary/aromatic N) is 4. The monoisotopic (exact) mass is 784 g/mol. The highest BCUT2D eigenvalue weighted by molar-refractivity contribution is 7.57. The van der Waals surface area contributed by atoms with Crippen molar-refractivity contribution in [2.75, 3.05) is 12.1 Å². The van der Waals surface area contributed by atoms with Crippen molar-refractivity contribution in [1.82, 2.24) is 24.6 Å². The van der Waals surface area contributed by atoms with Gasteiger partial charge in [-0.05, 0) is 83.6 Å². The Morgan fingerprint density at radius 2 is 1.47 bits per heavy atom. The summed E-state index contributed by atoms with van der Waals surface area (Å²) in [5.41, 5.74) is 6.95. The molecule has 0 spiro atoms. The fraction of sp³-hybridized carbons (Fsp3) is 0.634. The molecule has 0 aliphatic carbocycles. The van der Waals surface area contributed by atoms with Gasteiger partial charge < -0.3 is 29.0 Å². The van der Waals surface area contributed by atoms with E-state index in [-0.39, 0.29) is 30.0 Å². The minimum atomic E-state index is -3.85. The maximum Gasteiger partial charge on any atom is 0.342 e. The molecule has 14 heteroatoms. The number of aromatic nitrogens is 4. The first-order chi connectivity index (χ1) is 26.5. The zero-order valence-corrected chi connectivity index (χ0v) is 34.6. The van der Waals surface area contributed by atoms with Gasteiger partial charge in [0.2, 0.25) is 0 Å². The van der Waals surface area contributed by atoms with Gasteiger partial charge in [0.1, 0.15) is 35.7 Å². The third kappa shape index (κ3) is 17.7. The Hall–Kier alpha value is -3.80. The van der Waals surface area contributed by atoms with Crippen LogP contribution in [0.5, 0.6) is 11.5 Å². The van der Waals surface area contributed by atoms with Crippen molar-refractivity contribution in [3.05, 3.63) is 49.1 Å². The molecule has 306 valence electrons. The van der Waals surface area contributed by atoms with Crippen molar-refractivity contribution in [3.63, 3.8) is 0 Å². The summed E-state index contributed by atoms with van der Waals surface area (Å²) in [5.74, 6) is 0.0279. The number of allylic oxidation sites excluding steroid dienone is 2. The van der Waals surface area contributed by atoms with E-state index in [9.17, 15) is 14.2 Å². The Morgan fingerprint density at radius 1 is 0.836 bits per heavy atom. The van der Waals surface area contributed by atoms with Crippen LogP contribution in [0.25, 0.3) is 11.2 Å². The Kier molecular flexibility index (Phi) is 21.0. The summed E-state index contributed by atoms with van der Waals surface area (Å²) in [6.45, 7) is 9.79. The van der Waals surface area contributed by atoms with Gasteiger partial charge in [0.15, 0.2) is 11.5 Å². The molecule has 3 rings (SSSR count). The maximum atomic E-state index is 14.2. The molecule has 0 saturated heterocycles. The minimum Gasteiger partial charge on any atom is -0.462 e. The second kappa shape index (κ2) is 25.4. The van der Waals surface area contributed by atoms with Crippen LogP contribution in [-0.2, 0) is 30.2 Å². The average Bonchev–Trinajstić information content (AvgIpc) is 3.56. The van der Waals surface area contributed by atoms with Crippen molar-refractivity contribution in [2.45, 2.75) is 162 Å². The van der Waals surface area contributed by atoms with E-state index in [1.165, 1.54) is 57.7 Å². The molecule has 55 heavy (non-hydrogen) atoms. The predicted octanol–water partition coefficient (Wildman–Crippen LogP) is 9.70. The molecular formula is C41H65N6O7P. The highest BCUT2D eigenvalue weighted by atomic mass is 31.2. The number of esters is 2. The lowest BCUT2D eigenvalue weighted by atomic mass is 10.1. The van der Waals surface area contributed by atoms with Crippen LogP contribution in [0.4, 0.5) is 5.82 Å². The van der Waals surface area contributed by atoms with Gasteiger partial charge in [-0.15, -0.1) is 0 Å². The molecule has 0 saturated carbocycles. The molecule has 0 aliphatic rings. The first-order valence-electron chi connectivity index (χ1n) is 20.3. The van der Waals surface area contributed by atoms with Crippen LogP contribution in [0.3, 0.4) is 0 Å². The standard InChI is InChI=1S/C41H65N6O7P/c1-6-8-9-10-11-12-13-14-15-16-17-18-19-20-21-23-37(48)53-35-24-26-36(27-25-35)54-55(50,46-34(5)41(49)52-32(3)22-7-2)31-51-33(4)28-47-30-45-38-39(42)43-29-44-40(38)47/h14-15,24-27,29-30,32-34H,6-13,16-23,28,31H2,1-5H3,(H,46,50)(H2,42,43,44)/b15-14-/t32-,33+,34-,55?/m0/s1. The molecule has 2 heterocycles. The number of unbranched alkanes of at least 4 members (excludes halogenated alkanes) is 11. The van der Waals surface area contributed by atoms with Crippen LogP contribution in [0, 0.1) is 0 Å². The lowest BCUT2D eigenvalue weighted by molar-refractivity contribution is -0.150. The van der Waals surface area contributed by atoms with Crippen LogP contribution in [0.2, 0.25) is 0 Å². The number of ether oxygens (including phenoxy) is 3. The second-order valence-corrected chi connectivity index (χ2v) is 16.4. The zero-order chi connectivity index (χ0) is 39.9. The van der Waals surface area contributed by atoms with E-state index < -0.39 is 25.6 Å². The van der Waals surface area contributed by atoms with E-state index in [0.29, 0.717) is 36.3 Å². The smallest absolute Gasteiger partial charge is 0.342 e. The van der Waals surface area contributed by atoms with Gasteiger partial charge in [0.25, 0.3) is 0 Å². The minimum absolute atomic E-state index is 0.247. The van der Waals surface area contributed by atoms with Crippen LogP contribution >= 0.6 is 7.52 Å². The van der Waals surface area contributed by atoms with E-state index >= 15 is 0 Å². The van der Waals surface area contributed by atoms with Gasteiger partial charge in [0.05, 0.1) is 25.1 Å². The third-order valence-electron chi connectivity index (χ3n) is 9.12. The Balaban J connectivity index is 1.46. The number of nitrogen functional groups attached to an aromatic ring is 1. The number of carbonyl (C=O) groups is 2. The van der Waals surface area contributed by atoms with E-state index in [4.69, 9.17) is 24.5 Å². The van der Waals surface area contributed by atoms with Gasteiger partial charge in [0, 0.05) is 6.42 Å². The number of nitrogens with one attached hydrogen (secondary N) is 1. The molecule has 0 radical (unpaired) electrons. The van der Waals surface area contributed by atoms with Gasteiger partial charge >= 0.3 is 19.5 Å². The molecule has 2 aromatic heterocycles. The number of nitrogens with two attached hydrogens (primary N) is 1. The number of carbonyl (C=O) groups excluding carboxylic acids is 2. The molecule has 13 nitrogen and oxygen atoms in total. The molecule has 3 N–H and O–H groups in total. The molecule has 4 atom stereocenters. The molecule has 0 bridgehead atoms. The number of rotatable bonds is 29. The quantitative estimate of drug-likeness (QED) is 0.0225. The maximum absolute atomic E-state index is 14.2. The molecule has 1 aromatic carbocycles. The second-order valence-electron chi connectivity index (χ2n) is 14.4. The highest BCUT2D eigenvalue weighted by Gasteiger charge is 2.32. The van der Waals surface area contributed by atoms with Crippen molar-refractivity contribution >= 4 is 36.4 Å². The highest BCUT2D eigenvalue weighted by Crippen LogP contribution is 2.44. The fourth-order valence-electron chi connectivity index (χ4n) is 6.05. The van der Waals surface area contributed by atoms with Crippen molar-refractivity contribution < 1.29 is 32.9 Å². The van der Waals surface area contributed by atoms with Crippen molar-refractivity contribution in [2.24, 2.45) is 0 Å². The molecule has 0 fully saturated rings. The number of anilines is 1. The summed E-state index contributed by atoms with van der Waals surface area (Å²) >= 11 is 0. The van der Waals surface area contributed by atoms with Crippen LogP contribution in [0.15, 0.2) is 49.1 Å². The summed E-state index contributed by atoms with van der Waals surface area (Å²) in [4.78, 5) is 37.9. The van der Waals surface area contributed by atoms with E-state index in [1.807, 2.05) is 20.8 Å². The van der Waals surface area contributed by atoms with Crippen LogP contribution < -0.4 is 20.1 Å². The van der Waals surface area contributed by atoms with E-state index in [0.717, 1.165) is 38.5 Å². The Labute approximate surface area is 328 Å². The SMILES string of the molecule is CCCCCCCC/C=C\CCCCCCCC(=O)Oc1ccc(OP(=O)(CO[C@H](C)Cn2cnc3c(N)ncnc32)N[C@@H](C)C(=O)O[C@@H](C)CCC)cc1. The number of benzene rings is 1. The van der Waals surface area contributed by atoms with Gasteiger partial charge in [-0.25, -0.2) is 20.0 Å². The first-order valence-corrected chi connectivity index (χ1v) is 22.1. The number of fused-ring (bicyclic) bond motifs is 1. The number of hydrogen-bond acceptors (Lipinski definition) is 11. The van der Waals surface area contributed by atoms with Crippen LogP contribution in [-0.4, -0.2) is 56.1 Å². The first kappa shape index (κ1) is 45.6. The van der Waals surface area contributed by atoms with Crippen LogP contribution in [0.1, 0.15) is 137 Å². The molecule has 0 amide bonds. The van der Waals surface area contributed by atoms with E-state index in [1.54, 1.807) is 42.1 Å². The largest absolute Gasteiger partial charge is 0.462 e. The number of imidazole rings is 1. The normalized spacial score (nSPS) is 14.4. The molecule has 3 aromatic rings. The lowest BCUT2D eigenvalue weighted by Gasteiger charge is -2.25. The Morgan fingerprint density at radius 3 is 2.15 bits per heavy atom. The summed E-state index contributed by atoms with van der Waals surface area (Å²) in [6.07, 6.45) is 23.9.